The standard InChI is InChI=1S/C12H26N2O2S2/c1-4-12(5-2,17-3)10-14-18(15,16)11-6-8-13-9-7-11/h11,13-14H,4-10H2,1-3H3. The minimum Gasteiger partial charge on any atom is -0.317 e. The molecule has 0 aromatic heterocycles. The number of piperidine rings is 1. The fraction of sp³-hybridized carbons (Fsp3) is 1.00. The molecule has 0 aromatic carbocycles. The van der Waals surface area contributed by atoms with E-state index >= 15 is 0 Å². The van der Waals surface area contributed by atoms with E-state index in [0.717, 1.165) is 38.8 Å². The van der Waals surface area contributed by atoms with Crippen LogP contribution in [0.4, 0.5) is 0 Å². The van der Waals surface area contributed by atoms with Crippen molar-refractivity contribution in [2.24, 2.45) is 0 Å². The smallest absolute Gasteiger partial charge is 0.214 e. The summed E-state index contributed by atoms with van der Waals surface area (Å²) in [5, 5.41) is 2.98. The highest BCUT2D eigenvalue weighted by Crippen LogP contribution is 2.30. The second-order valence-electron chi connectivity index (χ2n) is 4.91. The molecule has 0 unspecified atom stereocenters. The van der Waals surface area contributed by atoms with E-state index in [9.17, 15) is 8.42 Å². The molecule has 1 aliphatic rings. The first-order valence-electron chi connectivity index (χ1n) is 6.74. The normalized spacial score (nSPS) is 19.1. The van der Waals surface area contributed by atoms with Gasteiger partial charge in [0, 0.05) is 11.3 Å². The van der Waals surface area contributed by atoms with Gasteiger partial charge in [-0.3, -0.25) is 0 Å². The zero-order valence-corrected chi connectivity index (χ0v) is 13.3. The van der Waals surface area contributed by atoms with Crippen LogP contribution in [0.25, 0.3) is 0 Å². The molecule has 1 fully saturated rings. The number of rotatable bonds is 7. The highest BCUT2D eigenvalue weighted by molar-refractivity contribution is 8.00. The maximum atomic E-state index is 12.2. The summed E-state index contributed by atoms with van der Waals surface area (Å²) in [4.78, 5) is 0. The summed E-state index contributed by atoms with van der Waals surface area (Å²) in [6, 6.07) is 0. The van der Waals surface area contributed by atoms with Crippen molar-refractivity contribution < 1.29 is 8.42 Å². The topological polar surface area (TPSA) is 58.2 Å². The van der Waals surface area contributed by atoms with Gasteiger partial charge in [-0.05, 0) is 45.0 Å². The number of hydrogen-bond donors (Lipinski definition) is 2. The van der Waals surface area contributed by atoms with Crippen LogP contribution in [0.3, 0.4) is 0 Å². The van der Waals surface area contributed by atoms with Gasteiger partial charge in [0.05, 0.1) is 5.25 Å². The van der Waals surface area contributed by atoms with Crippen LogP contribution in [0.5, 0.6) is 0 Å². The van der Waals surface area contributed by atoms with Crippen LogP contribution in [-0.2, 0) is 10.0 Å². The monoisotopic (exact) mass is 294 g/mol. The molecule has 4 nitrogen and oxygen atoms in total. The number of thioether (sulfide) groups is 1. The van der Waals surface area contributed by atoms with Gasteiger partial charge in [0.25, 0.3) is 0 Å². The fourth-order valence-electron chi connectivity index (χ4n) is 2.32. The van der Waals surface area contributed by atoms with Crippen LogP contribution < -0.4 is 10.0 Å². The van der Waals surface area contributed by atoms with E-state index in [1.165, 1.54) is 0 Å². The van der Waals surface area contributed by atoms with Gasteiger partial charge < -0.3 is 5.32 Å². The second kappa shape index (κ2) is 7.12. The molecule has 6 heteroatoms. The molecule has 1 rings (SSSR count). The average Bonchev–Trinajstić information content (AvgIpc) is 2.42. The Labute approximate surface area is 116 Å². The van der Waals surface area contributed by atoms with Crippen LogP contribution >= 0.6 is 11.8 Å². The Morgan fingerprint density at radius 3 is 2.28 bits per heavy atom. The van der Waals surface area contributed by atoms with Crippen molar-refractivity contribution in [1.82, 2.24) is 10.0 Å². The van der Waals surface area contributed by atoms with Crippen LogP contribution in [0.1, 0.15) is 39.5 Å². The molecule has 0 spiro atoms. The van der Waals surface area contributed by atoms with Crippen molar-refractivity contribution in [1.29, 1.82) is 0 Å². The molecule has 1 aliphatic heterocycles. The van der Waals surface area contributed by atoms with E-state index in [0.29, 0.717) is 6.54 Å². The molecule has 1 heterocycles. The first kappa shape index (κ1) is 16.3. The van der Waals surface area contributed by atoms with Gasteiger partial charge in [-0.1, -0.05) is 13.8 Å². The molecule has 0 aliphatic carbocycles. The third kappa shape index (κ3) is 4.11. The highest BCUT2D eigenvalue weighted by Gasteiger charge is 2.31. The number of sulfonamides is 1. The molecule has 0 atom stereocenters. The van der Waals surface area contributed by atoms with E-state index in [2.05, 4.69) is 30.1 Å². The largest absolute Gasteiger partial charge is 0.317 e. The summed E-state index contributed by atoms with van der Waals surface area (Å²) >= 11 is 1.77. The van der Waals surface area contributed by atoms with E-state index in [4.69, 9.17) is 0 Å². The minimum absolute atomic E-state index is 0.0417. The Morgan fingerprint density at radius 1 is 1.28 bits per heavy atom. The molecule has 0 aromatic rings. The lowest BCUT2D eigenvalue weighted by Crippen LogP contribution is -2.46. The molecule has 2 N–H and O–H groups in total. The Morgan fingerprint density at radius 2 is 1.83 bits per heavy atom. The second-order valence-corrected chi connectivity index (χ2v) is 8.23. The summed E-state index contributed by atoms with van der Waals surface area (Å²) in [7, 11) is -3.15. The van der Waals surface area contributed by atoms with E-state index < -0.39 is 10.0 Å². The summed E-state index contributed by atoms with van der Waals surface area (Å²) in [6.45, 7) is 6.41. The van der Waals surface area contributed by atoms with Crippen molar-refractivity contribution >= 4 is 21.8 Å². The third-order valence-electron chi connectivity index (χ3n) is 4.04. The Bertz CT molecular complexity index is 326. The van der Waals surface area contributed by atoms with Crippen LogP contribution in [-0.4, -0.2) is 44.3 Å². The molecule has 0 bridgehead atoms. The summed E-state index contributed by atoms with van der Waals surface area (Å²) in [6.07, 6.45) is 5.48. The summed E-state index contributed by atoms with van der Waals surface area (Å²) in [5.74, 6) is 0. The van der Waals surface area contributed by atoms with E-state index in [-0.39, 0.29) is 10.00 Å². The molecule has 18 heavy (non-hydrogen) atoms. The quantitative estimate of drug-likeness (QED) is 0.748. The van der Waals surface area contributed by atoms with Crippen LogP contribution in [0.2, 0.25) is 0 Å². The lowest BCUT2D eigenvalue weighted by atomic mass is 10.0. The highest BCUT2D eigenvalue weighted by atomic mass is 32.2. The van der Waals surface area contributed by atoms with Gasteiger partial charge in [0.1, 0.15) is 0 Å². The van der Waals surface area contributed by atoms with Gasteiger partial charge in [-0.25, -0.2) is 13.1 Å². The van der Waals surface area contributed by atoms with Crippen molar-refractivity contribution in [2.45, 2.75) is 49.5 Å². The van der Waals surface area contributed by atoms with Crippen molar-refractivity contribution in [2.75, 3.05) is 25.9 Å². The lowest BCUT2D eigenvalue weighted by molar-refractivity contribution is 0.478. The van der Waals surface area contributed by atoms with Gasteiger partial charge in [-0.2, -0.15) is 11.8 Å². The predicted molar refractivity (Wildman–Crippen MR) is 79.6 cm³/mol. The predicted octanol–water partition coefficient (Wildman–Crippen LogP) is 1.58. The molecule has 0 amide bonds. The van der Waals surface area contributed by atoms with Gasteiger partial charge in [0.15, 0.2) is 0 Å². The summed E-state index contributed by atoms with van der Waals surface area (Å²) < 4.78 is 27.4. The maximum absolute atomic E-state index is 12.2. The van der Waals surface area contributed by atoms with Gasteiger partial charge >= 0.3 is 0 Å². The fourth-order valence-corrected chi connectivity index (χ4v) is 4.77. The van der Waals surface area contributed by atoms with Crippen molar-refractivity contribution in [3.8, 4) is 0 Å². The van der Waals surface area contributed by atoms with Crippen molar-refractivity contribution in [3.05, 3.63) is 0 Å². The third-order valence-corrected chi connectivity index (χ3v) is 7.53. The molecule has 0 saturated carbocycles. The average molecular weight is 294 g/mol. The molecule has 0 radical (unpaired) electrons. The number of hydrogen-bond acceptors (Lipinski definition) is 4. The first-order valence-corrected chi connectivity index (χ1v) is 9.51. The maximum Gasteiger partial charge on any atom is 0.214 e. The SMILES string of the molecule is CCC(CC)(CNS(=O)(=O)C1CCNCC1)SC. The Hall–Kier alpha value is 0.220. The minimum atomic E-state index is -3.15. The van der Waals surface area contributed by atoms with Crippen molar-refractivity contribution in [3.63, 3.8) is 0 Å². The van der Waals surface area contributed by atoms with Gasteiger partial charge in [0.2, 0.25) is 10.0 Å². The Balaban J connectivity index is 2.59. The molecule has 1 saturated heterocycles. The lowest BCUT2D eigenvalue weighted by Gasteiger charge is -2.31. The number of nitrogens with one attached hydrogen (secondary N) is 2. The van der Waals surface area contributed by atoms with E-state index in [1.54, 1.807) is 11.8 Å². The first-order chi connectivity index (χ1) is 8.49. The molecular weight excluding hydrogens is 268 g/mol. The van der Waals surface area contributed by atoms with Crippen LogP contribution in [0.15, 0.2) is 0 Å². The zero-order valence-electron chi connectivity index (χ0n) is 11.7. The van der Waals surface area contributed by atoms with Crippen LogP contribution in [0, 0.1) is 0 Å². The van der Waals surface area contributed by atoms with E-state index in [1.807, 2.05) is 0 Å². The Kier molecular flexibility index (Phi) is 6.44. The molecular formula is C12H26N2O2S2. The van der Waals surface area contributed by atoms with Gasteiger partial charge in [-0.15, -0.1) is 0 Å². The molecule has 108 valence electrons. The summed E-state index contributed by atoms with van der Waals surface area (Å²) in [5.41, 5.74) is 0. The zero-order chi connectivity index (χ0) is 13.6.